The van der Waals surface area contributed by atoms with Crippen molar-refractivity contribution in [2.24, 2.45) is 0 Å². The van der Waals surface area contributed by atoms with Crippen molar-refractivity contribution in [3.05, 3.63) is 406 Å². The number of methoxy groups -OCH3 is 1. The molecule has 2 atom stereocenters. The summed E-state index contributed by atoms with van der Waals surface area (Å²) < 4.78 is 24.6. The van der Waals surface area contributed by atoms with Crippen LogP contribution in [0.25, 0.3) is 192 Å². The number of hydrogen-bond acceptors (Lipinski definition) is 6. The highest BCUT2D eigenvalue weighted by Gasteiger charge is 2.38. The molecule has 0 amide bonds. The number of para-hydroxylation sites is 3. The molecule has 2 unspecified atom stereocenters. The van der Waals surface area contributed by atoms with E-state index in [-0.39, 0.29) is 12.0 Å². The summed E-state index contributed by atoms with van der Waals surface area (Å²) in [6.07, 6.45) is 13.0. The van der Waals surface area contributed by atoms with Gasteiger partial charge in [0.1, 0.15) is 22.5 Å². The Balaban J connectivity index is 0.779. The molecular formula is C111H72N4O3. The highest BCUT2D eigenvalue weighted by molar-refractivity contribution is 6.39. The minimum atomic E-state index is -0.0356. The number of aromatic nitrogens is 2. The molecule has 118 heavy (non-hydrogen) atoms. The zero-order valence-electron chi connectivity index (χ0n) is 64.4. The molecule has 7 heteroatoms. The first-order valence-corrected chi connectivity index (χ1v) is 40.6. The van der Waals surface area contributed by atoms with Crippen molar-refractivity contribution in [3.63, 3.8) is 0 Å². The van der Waals surface area contributed by atoms with Crippen LogP contribution in [0, 0.1) is 0 Å². The molecule has 1 aliphatic carbocycles. The van der Waals surface area contributed by atoms with E-state index < -0.39 is 0 Å². The quantitative estimate of drug-likeness (QED) is 0.107. The molecule has 22 aromatic rings. The van der Waals surface area contributed by atoms with Crippen molar-refractivity contribution in [2.45, 2.75) is 18.5 Å². The third kappa shape index (κ3) is 10.5. The minimum absolute atomic E-state index is 0.0356. The Morgan fingerprint density at radius 3 is 1.75 bits per heavy atom. The Bertz CT molecular complexity index is 7880. The third-order valence-corrected chi connectivity index (χ3v) is 25.1. The number of allylic oxidation sites excluding steroid dienone is 2. The number of anilines is 4. The van der Waals surface area contributed by atoms with E-state index in [9.17, 15) is 0 Å². The average molecular weight is 1510 g/mol. The normalized spacial score (nSPS) is 14.0. The van der Waals surface area contributed by atoms with Crippen molar-refractivity contribution >= 4 is 132 Å². The fourth-order valence-electron chi connectivity index (χ4n) is 19.9. The van der Waals surface area contributed by atoms with Crippen molar-refractivity contribution in [1.29, 1.82) is 0 Å². The number of pyridine rings is 1. The van der Waals surface area contributed by atoms with Gasteiger partial charge in [0.05, 0.1) is 41.2 Å². The monoisotopic (exact) mass is 1510 g/mol. The van der Waals surface area contributed by atoms with Crippen LogP contribution in [0.1, 0.15) is 17.0 Å². The van der Waals surface area contributed by atoms with Crippen LogP contribution < -0.4 is 14.5 Å². The lowest BCUT2D eigenvalue weighted by molar-refractivity contribution is 0.415. The molecule has 7 nitrogen and oxygen atoms in total. The number of furan rings is 2. The molecule has 24 rings (SSSR count). The van der Waals surface area contributed by atoms with Gasteiger partial charge in [-0.2, -0.15) is 0 Å². The number of ether oxygens (including phenoxy) is 1. The Morgan fingerprint density at radius 1 is 0.364 bits per heavy atom. The Hall–Kier alpha value is -15.3. The lowest BCUT2D eigenvalue weighted by atomic mass is 9.77. The molecule has 0 N–H and O–H groups in total. The van der Waals surface area contributed by atoms with Gasteiger partial charge < -0.3 is 27.9 Å². The van der Waals surface area contributed by atoms with Crippen LogP contribution in [0.2, 0.25) is 0 Å². The second-order valence-corrected chi connectivity index (χ2v) is 31.4. The van der Waals surface area contributed by atoms with Crippen LogP contribution in [0.5, 0.6) is 5.75 Å². The molecule has 1 aliphatic heterocycles. The molecule has 0 fully saturated rings. The topological polar surface area (TPSA) is 59.8 Å². The summed E-state index contributed by atoms with van der Waals surface area (Å²) in [5.74, 6) is 0.791. The molecule has 0 spiro atoms. The van der Waals surface area contributed by atoms with Crippen LogP contribution in [-0.2, 0) is 6.54 Å². The first kappa shape index (κ1) is 67.2. The number of fused-ring (bicyclic) bond motifs is 10. The predicted octanol–water partition coefficient (Wildman–Crippen LogP) is 29.8. The third-order valence-electron chi connectivity index (χ3n) is 25.1. The van der Waals surface area contributed by atoms with E-state index in [1.54, 1.807) is 7.11 Å². The lowest BCUT2D eigenvalue weighted by Gasteiger charge is -2.43. The molecule has 18 aromatic carbocycles. The summed E-state index contributed by atoms with van der Waals surface area (Å²) in [6.45, 7) is 0.662. The van der Waals surface area contributed by atoms with Gasteiger partial charge >= 0.3 is 0 Å². The highest BCUT2D eigenvalue weighted by atomic mass is 16.5. The smallest absolute Gasteiger partial charge is 0.159 e. The molecular weight excluding hydrogens is 1440 g/mol. The molecule has 0 saturated heterocycles. The molecule has 2 aliphatic rings. The highest BCUT2D eigenvalue weighted by Crippen LogP contribution is 2.56. The number of nitrogens with zero attached hydrogens (tertiary/aromatic N) is 4. The summed E-state index contributed by atoms with van der Waals surface area (Å²) in [5.41, 5.74) is 28.8. The molecule has 0 radical (unpaired) electrons. The summed E-state index contributed by atoms with van der Waals surface area (Å²) in [4.78, 5) is 9.57. The second-order valence-electron chi connectivity index (χ2n) is 31.4. The van der Waals surface area contributed by atoms with Gasteiger partial charge in [-0.1, -0.05) is 297 Å². The van der Waals surface area contributed by atoms with Crippen molar-refractivity contribution in [3.8, 4) is 89.3 Å². The fourth-order valence-corrected chi connectivity index (χ4v) is 19.9. The van der Waals surface area contributed by atoms with E-state index in [0.717, 1.165) is 182 Å². The summed E-state index contributed by atoms with van der Waals surface area (Å²) >= 11 is 0. The van der Waals surface area contributed by atoms with Gasteiger partial charge in [-0.3, -0.25) is 4.98 Å². The van der Waals surface area contributed by atoms with Gasteiger partial charge in [-0.25, -0.2) is 0 Å². The van der Waals surface area contributed by atoms with Crippen LogP contribution in [0.3, 0.4) is 0 Å². The van der Waals surface area contributed by atoms with E-state index in [2.05, 4.69) is 389 Å². The van der Waals surface area contributed by atoms with Gasteiger partial charge in [-0.15, -0.1) is 0 Å². The van der Waals surface area contributed by atoms with Crippen LogP contribution in [0.4, 0.5) is 22.7 Å². The standard InChI is InChI=1S/C111H72N4O3/c1-116-81-34-20-33-79(63-81)114(108-85-36-12-11-28-74(85)60-95-83(40-21-44-93(95)108)70-24-5-2-6-25-70)80-64-97-89-56-55-86(73-53-51-72(52-54-73)82-35-13-14-37-87(82)91-42-22-43-92-88-38-15-18-46-99(88)115(109(91)92)78-31-9-4-10-32-78)110-106(89)104-96(61-77(62-101(104)117-110)69-49-47-68(48-50-69)75-30-23-59-112-66-75)90-57-58-100(111-107(90)105(97)102(65-80)118-111)113-67-76-29-19-41-84(71-26-7-3-8-27-71)103(76)94-39-16-17-45-98(94)113/h2-66,94,98H,67H2,1H3. The Morgan fingerprint density at radius 2 is 0.958 bits per heavy atom. The fraction of sp³-hybridized carbons (Fsp3) is 0.0360. The zero-order chi connectivity index (χ0) is 77.6. The first-order valence-electron chi connectivity index (χ1n) is 40.6. The van der Waals surface area contributed by atoms with Crippen LogP contribution in [0.15, 0.2) is 403 Å². The molecule has 5 heterocycles. The summed E-state index contributed by atoms with van der Waals surface area (Å²) in [6, 6.07) is 131. The Kier molecular flexibility index (Phi) is 15.3. The average Bonchev–Trinajstić information content (AvgIpc) is 1.51. The molecule has 4 aromatic heterocycles. The van der Waals surface area contributed by atoms with Crippen LogP contribution in [-0.4, -0.2) is 22.7 Å². The van der Waals surface area contributed by atoms with Crippen molar-refractivity contribution < 1.29 is 13.6 Å². The maximum Gasteiger partial charge on any atom is 0.159 e. The predicted molar refractivity (Wildman–Crippen MR) is 491 cm³/mol. The summed E-state index contributed by atoms with van der Waals surface area (Å²) in [5, 5.41) is 15.2. The molecule has 0 bridgehead atoms. The SMILES string of the molecule is COc1cccc(N(c2cc3oc4c(N5Cc6cccc(-c7ccccc7)c6C6C=CC=CC65)ccc5c6cc(-c7ccc(-c8cccnc8)cc7)cc7oc8c(-c9ccc(-c%10ccccc%10-c%10cccc%11c%12ccccc%12n(-c%12ccccc%12)c%10%11)cc9)ccc(c(c2)c3c45)c8c76)c2c3ccccc3cc3c(-c4ccccc4)cccc23)c1. The molecule has 0 saturated carbocycles. The van der Waals surface area contributed by atoms with E-state index in [1.165, 1.54) is 49.6 Å². The van der Waals surface area contributed by atoms with Crippen LogP contribution >= 0.6 is 0 Å². The molecule has 554 valence electrons. The van der Waals surface area contributed by atoms with Crippen molar-refractivity contribution in [1.82, 2.24) is 9.55 Å². The largest absolute Gasteiger partial charge is 0.497 e. The van der Waals surface area contributed by atoms with Gasteiger partial charge in [0.2, 0.25) is 0 Å². The Labute approximate surface area is 680 Å². The minimum Gasteiger partial charge on any atom is -0.497 e. The van der Waals surface area contributed by atoms with E-state index in [1.807, 2.05) is 24.5 Å². The maximum atomic E-state index is 8.08. The van der Waals surface area contributed by atoms with Gasteiger partial charge in [0.15, 0.2) is 5.58 Å². The van der Waals surface area contributed by atoms with Gasteiger partial charge in [-0.05, 0) is 183 Å². The number of hydrogen-bond donors (Lipinski definition) is 0. The number of rotatable bonds is 13. The summed E-state index contributed by atoms with van der Waals surface area (Å²) in [7, 11) is 1.75. The second kappa shape index (κ2) is 26.9. The first-order chi connectivity index (χ1) is 58.5. The van der Waals surface area contributed by atoms with E-state index in [4.69, 9.17) is 13.6 Å². The maximum absolute atomic E-state index is 8.08. The van der Waals surface area contributed by atoms with Gasteiger partial charge in [0, 0.05) is 103 Å². The lowest BCUT2D eigenvalue weighted by Crippen LogP contribution is -2.42. The van der Waals surface area contributed by atoms with Gasteiger partial charge in [0.25, 0.3) is 0 Å². The number of benzene rings is 17. The zero-order valence-corrected chi connectivity index (χ0v) is 64.4. The van der Waals surface area contributed by atoms with E-state index >= 15 is 0 Å². The van der Waals surface area contributed by atoms with Crippen molar-refractivity contribution in [2.75, 3.05) is 16.9 Å². The van der Waals surface area contributed by atoms with E-state index in [0.29, 0.717) is 6.54 Å².